The maximum absolute atomic E-state index is 12.5. The van der Waals surface area contributed by atoms with Gasteiger partial charge in [0.25, 0.3) is 5.91 Å². The molecule has 0 aliphatic heterocycles. The van der Waals surface area contributed by atoms with Crippen LogP contribution in [0.2, 0.25) is 0 Å². The van der Waals surface area contributed by atoms with Gasteiger partial charge in [-0.05, 0) is 49.7 Å². The molecule has 0 aliphatic carbocycles. The summed E-state index contributed by atoms with van der Waals surface area (Å²) in [5.41, 5.74) is 6.89. The van der Waals surface area contributed by atoms with Gasteiger partial charge in [0.15, 0.2) is 11.5 Å². The van der Waals surface area contributed by atoms with Gasteiger partial charge < -0.3 is 30.4 Å². The highest BCUT2D eigenvalue weighted by atomic mass is 16.5. The molecule has 2 aromatic rings. The van der Waals surface area contributed by atoms with E-state index in [2.05, 4.69) is 5.32 Å². The Morgan fingerprint density at radius 1 is 1.07 bits per heavy atom. The monoisotopic (exact) mass is 374 g/mol. The van der Waals surface area contributed by atoms with Crippen molar-refractivity contribution in [2.45, 2.75) is 26.0 Å². The van der Waals surface area contributed by atoms with Gasteiger partial charge in [-0.2, -0.15) is 0 Å². The van der Waals surface area contributed by atoms with Crippen LogP contribution in [0, 0.1) is 0 Å². The lowest BCUT2D eigenvalue weighted by Crippen LogP contribution is -2.24. The zero-order chi connectivity index (χ0) is 20.2. The third-order valence-electron chi connectivity index (χ3n) is 4.15. The van der Waals surface area contributed by atoms with Crippen LogP contribution >= 0.6 is 0 Å². The highest BCUT2D eigenvalue weighted by Crippen LogP contribution is 2.38. The van der Waals surface area contributed by atoms with E-state index in [0.717, 1.165) is 5.56 Å². The van der Waals surface area contributed by atoms with Crippen LogP contribution in [0.5, 0.6) is 17.2 Å². The van der Waals surface area contributed by atoms with Crippen molar-refractivity contribution in [3.05, 3.63) is 47.0 Å². The van der Waals surface area contributed by atoms with E-state index in [4.69, 9.17) is 19.9 Å². The summed E-state index contributed by atoms with van der Waals surface area (Å²) in [5, 5.41) is 13.0. The molecule has 0 saturated carbocycles. The van der Waals surface area contributed by atoms with E-state index in [9.17, 15) is 9.90 Å². The number of nitrogens with one attached hydrogen (secondary N) is 1. The van der Waals surface area contributed by atoms with Gasteiger partial charge in [-0.15, -0.1) is 0 Å². The SMILES string of the molecule is COc1cc(CNC(=O)c2ccc(N)c(C(C)(C)O)c2)cc(OC)c1OC. The molecule has 0 radical (unpaired) electrons. The predicted molar refractivity (Wildman–Crippen MR) is 103 cm³/mol. The number of amides is 1. The molecule has 0 aliphatic rings. The number of carbonyl (C=O) groups is 1. The Morgan fingerprint density at radius 2 is 1.67 bits per heavy atom. The second kappa shape index (κ2) is 8.18. The van der Waals surface area contributed by atoms with Crippen LogP contribution in [-0.4, -0.2) is 32.3 Å². The van der Waals surface area contributed by atoms with Gasteiger partial charge in [0, 0.05) is 23.4 Å². The molecular formula is C20H26N2O5. The van der Waals surface area contributed by atoms with E-state index >= 15 is 0 Å². The molecule has 146 valence electrons. The molecule has 0 bridgehead atoms. The average molecular weight is 374 g/mol. The molecule has 0 atom stereocenters. The zero-order valence-electron chi connectivity index (χ0n) is 16.3. The fourth-order valence-electron chi connectivity index (χ4n) is 2.75. The minimum Gasteiger partial charge on any atom is -0.493 e. The standard InChI is InChI=1S/C20H26N2O5/c1-20(2,24)14-10-13(6-7-15(14)21)19(23)22-11-12-8-16(25-3)18(27-5)17(9-12)26-4/h6-10,24H,11,21H2,1-5H3,(H,22,23). The van der Waals surface area contributed by atoms with Gasteiger partial charge in [-0.1, -0.05) is 0 Å². The van der Waals surface area contributed by atoms with Crippen molar-refractivity contribution in [2.24, 2.45) is 0 Å². The first-order valence-electron chi connectivity index (χ1n) is 8.40. The Hall–Kier alpha value is -2.93. The van der Waals surface area contributed by atoms with Crippen LogP contribution in [0.3, 0.4) is 0 Å². The first-order valence-corrected chi connectivity index (χ1v) is 8.40. The fourth-order valence-corrected chi connectivity index (χ4v) is 2.75. The molecule has 2 aromatic carbocycles. The number of benzene rings is 2. The molecule has 0 aromatic heterocycles. The van der Waals surface area contributed by atoms with E-state index in [1.54, 1.807) is 44.2 Å². The molecule has 2 rings (SSSR count). The number of rotatable bonds is 7. The van der Waals surface area contributed by atoms with Crippen molar-refractivity contribution in [3.63, 3.8) is 0 Å². The van der Waals surface area contributed by atoms with Gasteiger partial charge in [0.05, 0.1) is 26.9 Å². The zero-order valence-corrected chi connectivity index (χ0v) is 16.3. The Labute approximate surface area is 159 Å². The summed E-state index contributed by atoms with van der Waals surface area (Å²) < 4.78 is 15.9. The molecule has 0 spiro atoms. The number of carbonyl (C=O) groups excluding carboxylic acids is 1. The minimum atomic E-state index is -1.14. The molecule has 27 heavy (non-hydrogen) atoms. The Morgan fingerprint density at radius 3 is 2.15 bits per heavy atom. The molecule has 0 unspecified atom stereocenters. The number of aliphatic hydroxyl groups is 1. The van der Waals surface area contributed by atoms with E-state index in [1.807, 2.05) is 0 Å². The van der Waals surface area contributed by atoms with E-state index in [-0.39, 0.29) is 12.5 Å². The summed E-state index contributed by atoms with van der Waals surface area (Å²) in [4.78, 5) is 12.5. The number of hydrogen-bond acceptors (Lipinski definition) is 6. The van der Waals surface area contributed by atoms with Gasteiger partial charge >= 0.3 is 0 Å². The van der Waals surface area contributed by atoms with Gasteiger partial charge in [0.2, 0.25) is 5.75 Å². The van der Waals surface area contributed by atoms with Crippen molar-refractivity contribution in [3.8, 4) is 17.2 Å². The lowest BCUT2D eigenvalue weighted by atomic mass is 9.94. The number of nitrogen functional groups attached to an aromatic ring is 1. The summed E-state index contributed by atoms with van der Waals surface area (Å²) in [6.45, 7) is 3.50. The van der Waals surface area contributed by atoms with Gasteiger partial charge in [-0.3, -0.25) is 4.79 Å². The quantitative estimate of drug-likeness (QED) is 0.643. The van der Waals surface area contributed by atoms with Crippen LogP contribution in [0.25, 0.3) is 0 Å². The summed E-state index contributed by atoms with van der Waals surface area (Å²) >= 11 is 0. The summed E-state index contributed by atoms with van der Waals surface area (Å²) in [6, 6.07) is 8.37. The molecular weight excluding hydrogens is 348 g/mol. The normalized spacial score (nSPS) is 11.0. The van der Waals surface area contributed by atoms with Crippen LogP contribution in [0.1, 0.15) is 35.3 Å². The van der Waals surface area contributed by atoms with Crippen molar-refractivity contribution < 1.29 is 24.1 Å². The Bertz CT molecular complexity index is 803. The maximum Gasteiger partial charge on any atom is 0.251 e. The predicted octanol–water partition coefficient (Wildman–Crippen LogP) is 2.45. The number of anilines is 1. The second-order valence-corrected chi connectivity index (χ2v) is 6.58. The van der Waals surface area contributed by atoms with E-state index < -0.39 is 5.60 Å². The largest absolute Gasteiger partial charge is 0.493 e. The summed E-state index contributed by atoms with van der Waals surface area (Å²) in [6.07, 6.45) is 0. The highest BCUT2D eigenvalue weighted by molar-refractivity contribution is 5.94. The Balaban J connectivity index is 2.21. The van der Waals surface area contributed by atoms with Crippen molar-refractivity contribution >= 4 is 11.6 Å². The van der Waals surface area contributed by atoms with Crippen LogP contribution in [0.15, 0.2) is 30.3 Å². The molecule has 7 nitrogen and oxygen atoms in total. The topological polar surface area (TPSA) is 103 Å². The second-order valence-electron chi connectivity index (χ2n) is 6.58. The van der Waals surface area contributed by atoms with Gasteiger partial charge in [-0.25, -0.2) is 0 Å². The minimum absolute atomic E-state index is 0.262. The maximum atomic E-state index is 12.5. The highest BCUT2D eigenvalue weighted by Gasteiger charge is 2.21. The number of ether oxygens (including phenoxy) is 3. The molecule has 0 heterocycles. The summed E-state index contributed by atoms with van der Waals surface area (Å²) in [5.74, 6) is 1.23. The smallest absolute Gasteiger partial charge is 0.251 e. The van der Waals surface area contributed by atoms with Crippen molar-refractivity contribution in [2.75, 3.05) is 27.1 Å². The average Bonchev–Trinajstić information content (AvgIpc) is 2.64. The molecule has 4 N–H and O–H groups in total. The van der Waals surface area contributed by atoms with Crippen LogP contribution in [-0.2, 0) is 12.1 Å². The fraction of sp³-hybridized carbons (Fsp3) is 0.350. The lowest BCUT2D eigenvalue weighted by molar-refractivity contribution is 0.0792. The van der Waals surface area contributed by atoms with Crippen molar-refractivity contribution in [1.82, 2.24) is 5.32 Å². The lowest BCUT2D eigenvalue weighted by Gasteiger charge is -2.20. The number of methoxy groups -OCH3 is 3. The summed E-state index contributed by atoms with van der Waals surface area (Å²) in [7, 11) is 4.60. The molecule has 1 amide bonds. The molecule has 7 heteroatoms. The third kappa shape index (κ3) is 4.62. The number of hydrogen-bond donors (Lipinski definition) is 3. The first-order chi connectivity index (χ1) is 12.7. The van der Waals surface area contributed by atoms with E-state index in [0.29, 0.717) is 34.1 Å². The van der Waals surface area contributed by atoms with Gasteiger partial charge in [0.1, 0.15) is 0 Å². The molecule has 0 saturated heterocycles. The van der Waals surface area contributed by atoms with E-state index in [1.165, 1.54) is 21.3 Å². The first kappa shape index (κ1) is 20.4. The van der Waals surface area contributed by atoms with Crippen LogP contribution in [0.4, 0.5) is 5.69 Å². The third-order valence-corrected chi connectivity index (χ3v) is 4.15. The molecule has 0 fully saturated rings. The van der Waals surface area contributed by atoms with Crippen LogP contribution < -0.4 is 25.3 Å². The Kier molecular flexibility index (Phi) is 6.17. The number of nitrogens with two attached hydrogens (primary N) is 1. The van der Waals surface area contributed by atoms with Crippen molar-refractivity contribution in [1.29, 1.82) is 0 Å².